The molecular formula is C13H9FN2O5. The lowest BCUT2D eigenvalue weighted by atomic mass is 10.2. The number of hydrogen-bond acceptors (Lipinski definition) is 5. The number of nitro groups is 1. The molecule has 2 aromatic rings. The van der Waals surface area contributed by atoms with Gasteiger partial charge < -0.3 is 9.84 Å². The minimum Gasteiger partial charge on any atom is -0.477 e. The zero-order valence-corrected chi connectivity index (χ0v) is 10.7. The van der Waals surface area contributed by atoms with Crippen molar-refractivity contribution in [3.05, 3.63) is 57.5 Å². The van der Waals surface area contributed by atoms with E-state index < -0.39 is 22.3 Å². The quantitative estimate of drug-likeness (QED) is 0.686. The second kappa shape index (κ2) is 5.53. The van der Waals surface area contributed by atoms with Crippen LogP contribution in [0.4, 0.5) is 10.1 Å². The summed E-state index contributed by atoms with van der Waals surface area (Å²) in [6, 6.07) is 4.82. The highest BCUT2D eigenvalue weighted by Gasteiger charge is 2.19. The van der Waals surface area contributed by atoms with Crippen molar-refractivity contribution >= 4 is 11.7 Å². The van der Waals surface area contributed by atoms with Gasteiger partial charge in [-0.25, -0.2) is 14.2 Å². The zero-order chi connectivity index (χ0) is 15.6. The molecule has 1 N–H and O–H groups in total. The van der Waals surface area contributed by atoms with E-state index in [2.05, 4.69) is 4.98 Å². The van der Waals surface area contributed by atoms with E-state index in [0.717, 1.165) is 12.3 Å². The highest BCUT2D eigenvalue weighted by atomic mass is 19.1. The van der Waals surface area contributed by atoms with E-state index in [9.17, 15) is 19.3 Å². The number of benzene rings is 1. The molecule has 8 heteroatoms. The Labute approximate surface area is 117 Å². The van der Waals surface area contributed by atoms with Gasteiger partial charge in [0.2, 0.25) is 5.88 Å². The lowest BCUT2D eigenvalue weighted by Gasteiger charge is -2.08. The van der Waals surface area contributed by atoms with Crippen molar-refractivity contribution in [3.63, 3.8) is 0 Å². The van der Waals surface area contributed by atoms with Crippen LogP contribution in [-0.2, 0) is 0 Å². The van der Waals surface area contributed by atoms with Crippen molar-refractivity contribution in [2.75, 3.05) is 0 Å². The van der Waals surface area contributed by atoms with E-state index in [-0.39, 0.29) is 17.3 Å². The van der Waals surface area contributed by atoms with Crippen LogP contribution in [0.2, 0.25) is 0 Å². The number of ether oxygens (including phenoxy) is 1. The summed E-state index contributed by atoms with van der Waals surface area (Å²) < 4.78 is 18.7. The Morgan fingerprint density at radius 3 is 2.76 bits per heavy atom. The third kappa shape index (κ3) is 2.94. The SMILES string of the molecule is Cc1cc(Oc2cccc(F)c2C(=O)O)ncc1[N+](=O)[O-]. The Morgan fingerprint density at radius 2 is 2.19 bits per heavy atom. The number of aryl methyl sites for hydroxylation is 1. The van der Waals surface area contributed by atoms with E-state index in [0.29, 0.717) is 5.56 Å². The highest BCUT2D eigenvalue weighted by molar-refractivity contribution is 5.91. The van der Waals surface area contributed by atoms with Gasteiger partial charge in [0, 0.05) is 11.6 Å². The normalized spacial score (nSPS) is 10.2. The van der Waals surface area contributed by atoms with Gasteiger partial charge in [0.1, 0.15) is 23.3 Å². The van der Waals surface area contributed by atoms with Crippen molar-refractivity contribution < 1.29 is 24.0 Å². The molecular weight excluding hydrogens is 283 g/mol. The van der Waals surface area contributed by atoms with E-state index in [4.69, 9.17) is 9.84 Å². The molecule has 1 aromatic heterocycles. The highest BCUT2D eigenvalue weighted by Crippen LogP contribution is 2.28. The molecule has 0 aliphatic carbocycles. The number of rotatable bonds is 4. The van der Waals surface area contributed by atoms with Crippen LogP contribution in [-0.4, -0.2) is 21.0 Å². The van der Waals surface area contributed by atoms with Crippen LogP contribution in [0.1, 0.15) is 15.9 Å². The number of aromatic nitrogens is 1. The number of carboxylic acids is 1. The molecule has 0 spiro atoms. The molecule has 0 amide bonds. The molecule has 0 unspecified atom stereocenters. The van der Waals surface area contributed by atoms with E-state index >= 15 is 0 Å². The lowest BCUT2D eigenvalue weighted by molar-refractivity contribution is -0.385. The van der Waals surface area contributed by atoms with Crippen LogP contribution >= 0.6 is 0 Å². The fourth-order valence-electron chi connectivity index (χ4n) is 1.68. The molecule has 1 aromatic carbocycles. The second-order valence-corrected chi connectivity index (χ2v) is 4.09. The van der Waals surface area contributed by atoms with Gasteiger partial charge >= 0.3 is 5.97 Å². The molecule has 0 aliphatic rings. The monoisotopic (exact) mass is 292 g/mol. The fraction of sp³-hybridized carbons (Fsp3) is 0.0769. The first-order valence-electron chi connectivity index (χ1n) is 5.71. The first kappa shape index (κ1) is 14.4. The number of pyridine rings is 1. The molecule has 108 valence electrons. The van der Waals surface area contributed by atoms with E-state index in [1.54, 1.807) is 0 Å². The number of aromatic carboxylic acids is 1. The zero-order valence-electron chi connectivity index (χ0n) is 10.7. The summed E-state index contributed by atoms with van der Waals surface area (Å²) in [4.78, 5) is 24.8. The smallest absolute Gasteiger partial charge is 0.342 e. The van der Waals surface area contributed by atoms with Gasteiger partial charge in [0.15, 0.2) is 0 Å². The molecule has 0 aliphatic heterocycles. The van der Waals surface area contributed by atoms with E-state index in [1.807, 2.05) is 0 Å². The predicted molar refractivity (Wildman–Crippen MR) is 69.1 cm³/mol. The summed E-state index contributed by atoms with van der Waals surface area (Å²) in [7, 11) is 0. The first-order valence-corrected chi connectivity index (χ1v) is 5.71. The maximum Gasteiger partial charge on any atom is 0.342 e. The molecule has 7 nitrogen and oxygen atoms in total. The van der Waals surface area contributed by atoms with Crippen LogP contribution in [0.5, 0.6) is 11.6 Å². The summed E-state index contributed by atoms with van der Waals surface area (Å²) in [6.07, 6.45) is 0.990. The largest absolute Gasteiger partial charge is 0.477 e. The Hall–Kier alpha value is -3.03. The van der Waals surface area contributed by atoms with Gasteiger partial charge in [0.25, 0.3) is 5.69 Å². The standard InChI is InChI=1S/C13H9FN2O5/c1-7-5-11(15-6-9(7)16(19)20)21-10-4-2-3-8(14)12(10)13(17)18/h2-6H,1H3,(H,17,18). The van der Waals surface area contributed by atoms with Crippen molar-refractivity contribution in [3.8, 4) is 11.6 Å². The number of nitrogens with zero attached hydrogens (tertiary/aromatic N) is 2. The minimum absolute atomic E-state index is 0.0637. The summed E-state index contributed by atoms with van der Waals surface area (Å²) in [6.45, 7) is 1.48. The van der Waals surface area contributed by atoms with Crippen LogP contribution in [0.25, 0.3) is 0 Å². The summed E-state index contributed by atoms with van der Waals surface area (Å²) in [5.41, 5.74) is -0.534. The number of carbonyl (C=O) groups is 1. The number of halogens is 1. The van der Waals surface area contributed by atoms with Crippen molar-refractivity contribution in [2.24, 2.45) is 0 Å². The second-order valence-electron chi connectivity index (χ2n) is 4.09. The first-order chi connectivity index (χ1) is 9.90. The van der Waals surface area contributed by atoms with Gasteiger partial charge in [-0.1, -0.05) is 6.07 Å². The molecule has 0 saturated heterocycles. The maximum absolute atomic E-state index is 13.5. The average Bonchev–Trinajstić information content (AvgIpc) is 2.37. The summed E-state index contributed by atoms with van der Waals surface area (Å²) >= 11 is 0. The van der Waals surface area contributed by atoms with Crippen molar-refractivity contribution in [1.82, 2.24) is 4.98 Å². The number of hydrogen-bond donors (Lipinski definition) is 1. The van der Waals surface area contributed by atoms with Crippen molar-refractivity contribution in [2.45, 2.75) is 6.92 Å². The summed E-state index contributed by atoms with van der Waals surface area (Å²) in [5.74, 6) is -2.73. The number of carboxylic acid groups (broad SMARTS) is 1. The molecule has 0 bridgehead atoms. The van der Waals surface area contributed by atoms with Gasteiger partial charge in [-0.2, -0.15) is 0 Å². The Balaban J connectivity index is 2.39. The Morgan fingerprint density at radius 1 is 1.48 bits per heavy atom. The molecule has 0 saturated carbocycles. The molecule has 1 heterocycles. The van der Waals surface area contributed by atoms with E-state index in [1.165, 1.54) is 25.1 Å². The van der Waals surface area contributed by atoms with Gasteiger partial charge in [-0.05, 0) is 19.1 Å². The Kier molecular flexibility index (Phi) is 3.79. The van der Waals surface area contributed by atoms with Crippen molar-refractivity contribution in [1.29, 1.82) is 0 Å². The van der Waals surface area contributed by atoms with Crippen LogP contribution < -0.4 is 4.74 Å². The maximum atomic E-state index is 13.5. The molecule has 0 radical (unpaired) electrons. The topological polar surface area (TPSA) is 103 Å². The lowest BCUT2D eigenvalue weighted by Crippen LogP contribution is -2.04. The minimum atomic E-state index is -1.48. The Bertz CT molecular complexity index is 732. The molecule has 2 rings (SSSR count). The van der Waals surface area contributed by atoms with Gasteiger partial charge in [-0.15, -0.1) is 0 Å². The third-order valence-electron chi connectivity index (χ3n) is 2.66. The third-order valence-corrected chi connectivity index (χ3v) is 2.66. The predicted octanol–water partition coefficient (Wildman–Crippen LogP) is 2.93. The summed E-state index contributed by atoms with van der Waals surface area (Å²) in [5, 5.41) is 19.6. The van der Waals surface area contributed by atoms with Gasteiger partial charge in [0.05, 0.1) is 4.92 Å². The molecule has 21 heavy (non-hydrogen) atoms. The van der Waals surface area contributed by atoms with Crippen LogP contribution in [0.3, 0.4) is 0 Å². The van der Waals surface area contributed by atoms with Gasteiger partial charge in [-0.3, -0.25) is 10.1 Å². The molecule has 0 fully saturated rings. The van der Waals surface area contributed by atoms with Crippen LogP contribution in [0.15, 0.2) is 30.5 Å². The average molecular weight is 292 g/mol. The van der Waals surface area contributed by atoms with Crippen LogP contribution in [0, 0.1) is 22.9 Å². The fourth-order valence-corrected chi connectivity index (χ4v) is 1.68. The molecule has 0 atom stereocenters.